The van der Waals surface area contributed by atoms with Crippen LogP contribution in [0.15, 0.2) is 61.4 Å². The number of anilines is 1. The van der Waals surface area contributed by atoms with Crippen molar-refractivity contribution >= 4 is 11.9 Å². The van der Waals surface area contributed by atoms with Gasteiger partial charge in [0, 0.05) is 57.3 Å². The van der Waals surface area contributed by atoms with E-state index in [4.69, 9.17) is 0 Å². The Balaban J connectivity index is 1.52. The Morgan fingerprint density at radius 2 is 1.54 bits per heavy atom. The standard InChI is InChI=1S/C19H20N6O/c1-25(11-6-15-2-7-20-8-3-15)18(26)17-13-23-19(24-14-17)22-12-16-4-9-21-10-5-16/h2-5,7-10,13-14H,6,11-12H2,1H3,(H,22,23,24). The molecule has 0 saturated heterocycles. The van der Waals surface area contributed by atoms with Gasteiger partial charge in [0.05, 0.1) is 5.56 Å². The molecule has 3 aromatic rings. The smallest absolute Gasteiger partial charge is 0.256 e. The van der Waals surface area contributed by atoms with E-state index >= 15 is 0 Å². The zero-order chi connectivity index (χ0) is 18.2. The monoisotopic (exact) mass is 348 g/mol. The molecule has 7 heteroatoms. The molecule has 0 atom stereocenters. The summed E-state index contributed by atoms with van der Waals surface area (Å²) >= 11 is 0. The third-order valence-corrected chi connectivity index (χ3v) is 3.93. The van der Waals surface area contributed by atoms with Gasteiger partial charge in [-0.25, -0.2) is 9.97 Å². The number of amides is 1. The van der Waals surface area contributed by atoms with E-state index in [9.17, 15) is 4.79 Å². The molecule has 7 nitrogen and oxygen atoms in total. The van der Waals surface area contributed by atoms with Crippen LogP contribution in [0.25, 0.3) is 0 Å². The van der Waals surface area contributed by atoms with Crippen molar-refractivity contribution in [1.82, 2.24) is 24.8 Å². The van der Waals surface area contributed by atoms with Gasteiger partial charge < -0.3 is 10.2 Å². The molecular weight excluding hydrogens is 328 g/mol. The van der Waals surface area contributed by atoms with Gasteiger partial charge in [-0.15, -0.1) is 0 Å². The van der Waals surface area contributed by atoms with E-state index in [1.807, 2.05) is 24.3 Å². The summed E-state index contributed by atoms with van der Waals surface area (Å²) in [6, 6.07) is 7.74. The zero-order valence-electron chi connectivity index (χ0n) is 14.5. The summed E-state index contributed by atoms with van der Waals surface area (Å²) in [5.74, 6) is 0.387. The second kappa shape index (κ2) is 8.66. The normalized spacial score (nSPS) is 10.3. The summed E-state index contributed by atoms with van der Waals surface area (Å²) < 4.78 is 0. The summed E-state index contributed by atoms with van der Waals surface area (Å²) in [6.45, 7) is 1.21. The molecule has 3 aromatic heterocycles. The lowest BCUT2D eigenvalue weighted by Gasteiger charge is -2.17. The van der Waals surface area contributed by atoms with Crippen LogP contribution in [0.5, 0.6) is 0 Å². The molecule has 0 aliphatic heterocycles. The van der Waals surface area contributed by atoms with Crippen molar-refractivity contribution in [2.75, 3.05) is 18.9 Å². The van der Waals surface area contributed by atoms with Crippen LogP contribution in [-0.2, 0) is 13.0 Å². The lowest BCUT2D eigenvalue weighted by atomic mass is 10.2. The molecule has 0 aromatic carbocycles. The van der Waals surface area contributed by atoms with Crippen LogP contribution in [-0.4, -0.2) is 44.3 Å². The topological polar surface area (TPSA) is 83.9 Å². The Kier molecular flexibility index (Phi) is 5.82. The molecule has 0 bridgehead atoms. The number of nitrogens with one attached hydrogen (secondary N) is 1. The number of pyridine rings is 2. The molecule has 3 rings (SSSR count). The first kappa shape index (κ1) is 17.5. The highest BCUT2D eigenvalue weighted by Crippen LogP contribution is 2.07. The summed E-state index contributed by atoms with van der Waals surface area (Å²) in [7, 11) is 1.78. The Labute approximate surface area is 152 Å². The second-order valence-corrected chi connectivity index (χ2v) is 5.84. The summed E-state index contributed by atoms with van der Waals surface area (Å²) in [5, 5.41) is 3.12. The van der Waals surface area contributed by atoms with E-state index in [1.165, 1.54) is 0 Å². The number of nitrogens with zero attached hydrogens (tertiary/aromatic N) is 5. The Hall–Kier alpha value is -3.35. The molecule has 3 heterocycles. The molecule has 0 radical (unpaired) electrons. The van der Waals surface area contributed by atoms with Gasteiger partial charge in [0.15, 0.2) is 0 Å². The lowest BCUT2D eigenvalue weighted by molar-refractivity contribution is 0.0796. The fourth-order valence-electron chi connectivity index (χ4n) is 2.38. The van der Waals surface area contributed by atoms with Crippen LogP contribution in [0.4, 0.5) is 5.95 Å². The highest BCUT2D eigenvalue weighted by Gasteiger charge is 2.12. The number of hydrogen-bond donors (Lipinski definition) is 1. The number of likely N-dealkylation sites (N-methyl/N-ethyl adjacent to an activating group) is 1. The maximum atomic E-state index is 12.5. The summed E-state index contributed by atoms with van der Waals surface area (Å²) in [4.78, 5) is 30.5. The second-order valence-electron chi connectivity index (χ2n) is 5.84. The minimum absolute atomic E-state index is 0.0975. The van der Waals surface area contributed by atoms with E-state index in [0.29, 0.717) is 24.6 Å². The number of rotatable bonds is 7. The predicted octanol–water partition coefficient (Wildman–Crippen LogP) is 2.19. The molecule has 0 saturated carbocycles. The van der Waals surface area contributed by atoms with Crippen molar-refractivity contribution in [1.29, 1.82) is 0 Å². The van der Waals surface area contributed by atoms with E-state index in [-0.39, 0.29) is 5.91 Å². The predicted molar refractivity (Wildman–Crippen MR) is 98.5 cm³/mol. The minimum Gasteiger partial charge on any atom is -0.350 e. The number of aromatic nitrogens is 4. The van der Waals surface area contributed by atoms with E-state index in [2.05, 4.69) is 25.3 Å². The maximum absolute atomic E-state index is 12.5. The third kappa shape index (κ3) is 4.83. The first-order chi connectivity index (χ1) is 12.7. The van der Waals surface area contributed by atoms with Gasteiger partial charge in [-0.3, -0.25) is 14.8 Å². The molecule has 132 valence electrons. The molecule has 0 unspecified atom stereocenters. The van der Waals surface area contributed by atoms with Crippen LogP contribution < -0.4 is 5.32 Å². The molecule has 0 aliphatic carbocycles. The Morgan fingerprint density at radius 1 is 0.962 bits per heavy atom. The average Bonchev–Trinajstić information content (AvgIpc) is 2.72. The van der Waals surface area contributed by atoms with Gasteiger partial charge in [0.25, 0.3) is 5.91 Å². The molecule has 26 heavy (non-hydrogen) atoms. The average molecular weight is 348 g/mol. The van der Waals surface area contributed by atoms with Crippen molar-refractivity contribution < 1.29 is 4.79 Å². The number of carbonyl (C=O) groups is 1. The van der Waals surface area contributed by atoms with Crippen LogP contribution in [0, 0.1) is 0 Å². The van der Waals surface area contributed by atoms with Crippen molar-refractivity contribution in [3.63, 3.8) is 0 Å². The highest BCUT2D eigenvalue weighted by atomic mass is 16.2. The maximum Gasteiger partial charge on any atom is 0.256 e. The van der Waals surface area contributed by atoms with Gasteiger partial charge in [0.2, 0.25) is 5.95 Å². The molecular formula is C19H20N6O. The Morgan fingerprint density at radius 3 is 2.15 bits per heavy atom. The zero-order valence-corrected chi connectivity index (χ0v) is 14.5. The number of carbonyl (C=O) groups excluding carboxylic acids is 1. The molecule has 0 fully saturated rings. The highest BCUT2D eigenvalue weighted by molar-refractivity contribution is 5.93. The van der Waals surface area contributed by atoms with Crippen LogP contribution in [0.2, 0.25) is 0 Å². The van der Waals surface area contributed by atoms with Gasteiger partial charge in [-0.1, -0.05) is 0 Å². The third-order valence-electron chi connectivity index (χ3n) is 3.93. The first-order valence-electron chi connectivity index (χ1n) is 8.31. The first-order valence-corrected chi connectivity index (χ1v) is 8.31. The van der Waals surface area contributed by atoms with Crippen LogP contribution >= 0.6 is 0 Å². The molecule has 0 spiro atoms. The van der Waals surface area contributed by atoms with Crippen molar-refractivity contribution in [2.24, 2.45) is 0 Å². The largest absolute Gasteiger partial charge is 0.350 e. The molecule has 1 amide bonds. The van der Waals surface area contributed by atoms with Crippen molar-refractivity contribution in [3.05, 3.63) is 78.1 Å². The van der Waals surface area contributed by atoms with Crippen molar-refractivity contribution in [2.45, 2.75) is 13.0 Å². The van der Waals surface area contributed by atoms with Gasteiger partial charge >= 0.3 is 0 Å². The van der Waals surface area contributed by atoms with Gasteiger partial charge in [0.1, 0.15) is 0 Å². The molecule has 1 N–H and O–H groups in total. The SMILES string of the molecule is CN(CCc1ccncc1)C(=O)c1cnc(NCc2ccncc2)nc1. The van der Waals surface area contributed by atoms with Gasteiger partial charge in [-0.05, 0) is 41.8 Å². The van der Waals surface area contributed by atoms with Crippen LogP contribution in [0.3, 0.4) is 0 Å². The van der Waals surface area contributed by atoms with Gasteiger partial charge in [-0.2, -0.15) is 0 Å². The quantitative estimate of drug-likeness (QED) is 0.705. The van der Waals surface area contributed by atoms with E-state index in [0.717, 1.165) is 17.5 Å². The lowest BCUT2D eigenvalue weighted by Crippen LogP contribution is -2.29. The van der Waals surface area contributed by atoms with E-state index < -0.39 is 0 Å². The Bertz CT molecular complexity index is 824. The fourth-order valence-corrected chi connectivity index (χ4v) is 2.38. The molecule has 0 aliphatic rings. The summed E-state index contributed by atoms with van der Waals surface area (Å²) in [6.07, 6.45) is 10.9. The van der Waals surface area contributed by atoms with Crippen LogP contribution in [0.1, 0.15) is 21.5 Å². The number of hydrogen-bond acceptors (Lipinski definition) is 6. The van der Waals surface area contributed by atoms with E-state index in [1.54, 1.807) is 49.1 Å². The van der Waals surface area contributed by atoms with Crippen molar-refractivity contribution in [3.8, 4) is 0 Å². The summed E-state index contributed by atoms with van der Waals surface area (Å²) in [5.41, 5.74) is 2.70. The fraction of sp³-hybridized carbons (Fsp3) is 0.211. The minimum atomic E-state index is -0.0975.